The third-order valence-corrected chi connectivity index (χ3v) is 9.30. The number of pyridine rings is 1. The first-order chi connectivity index (χ1) is 19.5. The van der Waals surface area contributed by atoms with Crippen molar-refractivity contribution in [2.45, 2.75) is 91.4 Å². The van der Waals surface area contributed by atoms with Crippen LogP contribution >= 0.6 is 11.8 Å². The van der Waals surface area contributed by atoms with Crippen molar-refractivity contribution in [1.29, 1.82) is 0 Å². The lowest BCUT2D eigenvalue weighted by atomic mass is 9.78. The summed E-state index contributed by atoms with van der Waals surface area (Å²) in [4.78, 5) is 7.54. The summed E-state index contributed by atoms with van der Waals surface area (Å²) in [5.41, 5.74) is 7.75. The molecule has 0 fully saturated rings. The Labute approximate surface area is 259 Å². The maximum Gasteiger partial charge on any atom is 0.140 e. The molecule has 0 N–H and O–H groups in total. The van der Waals surface area contributed by atoms with Crippen molar-refractivity contribution in [1.82, 2.24) is 4.98 Å². The van der Waals surface area contributed by atoms with Crippen molar-refractivity contribution in [2.24, 2.45) is 16.2 Å². The van der Waals surface area contributed by atoms with E-state index in [1.807, 2.05) is 11.8 Å². The smallest absolute Gasteiger partial charge is 0.140 e. The molecule has 4 radical (unpaired) electrons. The summed E-state index contributed by atoms with van der Waals surface area (Å²) in [6.07, 6.45) is 3.01. The largest absolute Gasteiger partial charge is 0.264 e. The van der Waals surface area contributed by atoms with E-state index in [-0.39, 0.29) is 16.2 Å². The minimum absolute atomic E-state index is 0.128. The molecule has 42 heavy (non-hydrogen) atoms. The van der Waals surface area contributed by atoms with E-state index in [9.17, 15) is 0 Å². The predicted octanol–water partition coefficient (Wildman–Crippen LogP) is 9.03. The van der Waals surface area contributed by atoms with Crippen LogP contribution in [0.4, 0.5) is 0 Å². The summed E-state index contributed by atoms with van der Waals surface area (Å²) in [5.74, 6) is 0. The van der Waals surface area contributed by atoms with Crippen LogP contribution in [-0.2, 0) is 19.3 Å². The van der Waals surface area contributed by atoms with Crippen molar-refractivity contribution in [2.75, 3.05) is 0 Å². The number of aromatic nitrogens is 1. The van der Waals surface area contributed by atoms with Crippen molar-refractivity contribution >= 4 is 70.8 Å². The zero-order valence-corrected chi connectivity index (χ0v) is 27.6. The van der Waals surface area contributed by atoms with Crippen LogP contribution in [0.1, 0.15) is 79.0 Å². The molecule has 1 aliphatic heterocycles. The summed E-state index contributed by atoms with van der Waals surface area (Å²) in [6.45, 7) is 20.7. The number of rotatable bonds is 3. The molecule has 0 unspecified atom stereocenters. The second kappa shape index (κ2) is 9.91. The van der Waals surface area contributed by atoms with Gasteiger partial charge in [0.2, 0.25) is 0 Å². The Hall–Kier alpha value is -2.71. The topological polar surface area (TPSA) is 12.9 Å². The van der Waals surface area contributed by atoms with E-state index in [2.05, 4.69) is 111 Å². The van der Waals surface area contributed by atoms with Crippen LogP contribution in [0.5, 0.6) is 0 Å². The van der Waals surface area contributed by atoms with E-state index >= 15 is 0 Å². The van der Waals surface area contributed by atoms with Gasteiger partial charge in [-0.3, -0.25) is 4.98 Å². The Morgan fingerprint density at radius 3 is 1.90 bits per heavy atom. The van der Waals surface area contributed by atoms with E-state index < -0.39 is 0 Å². The number of hydrogen-bond acceptors (Lipinski definition) is 2. The maximum atomic E-state index is 6.78. The van der Waals surface area contributed by atoms with Crippen molar-refractivity contribution in [3.05, 3.63) is 65.2 Å². The van der Waals surface area contributed by atoms with E-state index in [0.717, 1.165) is 41.1 Å². The van der Waals surface area contributed by atoms with Crippen LogP contribution in [0.3, 0.4) is 0 Å². The Balaban J connectivity index is 1.68. The molecule has 1 aliphatic rings. The van der Waals surface area contributed by atoms with Gasteiger partial charge in [0, 0.05) is 20.7 Å². The third-order valence-electron chi connectivity index (χ3n) is 8.09. The lowest BCUT2D eigenvalue weighted by molar-refractivity contribution is 0.410. The van der Waals surface area contributed by atoms with Gasteiger partial charge in [-0.25, -0.2) is 0 Å². The predicted molar refractivity (Wildman–Crippen MR) is 187 cm³/mol. The summed E-state index contributed by atoms with van der Waals surface area (Å²) < 4.78 is 0. The van der Waals surface area contributed by atoms with Gasteiger partial charge in [-0.1, -0.05) is 116 Å². The molecule has 0 bridgehead atoms. The number of benzene rings is 4. The number of fused-ring (bicyclic) bond motifs is 5. The summed E-state index contributed by atoms with van der Waals surface area (Å²) >= 11 is 1.88. The lowest BCUT2D eigenvalue weighted by Crippen LogP contribution is -2.31. The van der Waals surface area contributed by atoms with Gasteiger partial charge >= 0.3 is 0 Å². The summed E-state index contributed by atoms with van der Waals surface area (Å²) in [7, 11) is 13.4. The Bertz CT molecular complexity index is 1900. The average Bonchev–Trinajstić information content (AvgIpc) is 2.84. The molecular weight excluding hydrogens is 524 g/mol. The first kappa shape index (κ1) is 29.4. The average molecular weight is 565 g/mol. The normalized spacial score (nSPS) is 13.7. The van der Waals surface area contributed by atoms with Crippen LogP contribution < -0.4 is 11.1 Å². The van der Waals surface area contributed by atoms with E-state index in [4.69, 9.17) is 20.7 Å². The Morgan fingerprint density at radius 2 is 1.26 bits per heavy atom. The van der Waals surface area contributed by atoms with Crippen LogP contribution in [0.2, 0.25) is 0 Å². The molecule has 0 saturated carbocycles. The molecule has 4 heteroatoms. The van der Waals surface area contributed by atoms with Gasteiger partial charge in [0.15, 0.2) is 0 Å². The Morgan fingerprint density at radius 1 is 0.643 bits per heavy atom. The fourth-order valence-electron chi connectivity index (χ4n) is 6.64. The van der Waals surface area contributed by atoms with E-state index in [1.165, 1.54) is 48.2 Å². The first-order valence-corrected chi connectivity index (χ1v) is 16.0. The fraction of sp³-hybridized carbons (Fsp3) is 0.395. The van der Waals surface area contributed by atoms with Crippen molar-refractivity contribution in [3.8, 4) is 11.3 Å². The van der Waals surface area contributed by atoms with E-state index in [0.29, 0.717) is 11.1 Å². The molecule has 0 atom stereocenters. The lowest BCUT2D eigenvalue weighted by Gasteiger charge is -2.29. The molecule has 4 aromatic carbocycles. The standard InChI is InChI=1S/C38H41B2NS/c1-36(2,3)18-21-11-13-25-24(14-21)16-27-33-31-29(42-34(27)28(25)20-38(7,8)9)17-23-12-10-22(19-37(4,5)6)15-26(23)30(31)32(39)35(40)41-33/h10-17H,18-20H2,1-9H3. The zero-order chi connectivity index (χ0) is 30.4. The maximum absolute atomic E-state index is 6.78. The second-order valence-electron chi connectivity index (χ2n) is 16.0. The van der Waals surface area contributed by atoms with Gasteiger partial charge in [0.1, 0.15) is 15.7 Å². The molecule has 0 amide bonds. The molecular formula is C38H41B2NS. The summed E-state index contributed by atoms with van der Waals surface area (Å²) in [6, 6.07) is 18.6. The molecule has 5 aromatic rings. The van der Waals surface area contributed by atoms with Crippen LogP contribution in [0.15, 0.2) is 58.3 Å². The monoisotopic (exact) mass is 565 g/mol. The SMILES string of the molecule is [B]c1nc2c3c(cc4ccc(CC(C)(C)C)cc4c3c1[B])Sc1c-2cc2cc(CC(C)(C)C)ccc2c1CC(C)(C)C. The molecule has 1 nitrogen and oxygen atoms in total. The molecule has 210 valence electrons. The number of hydrogen-bond donors (Lipinski definition) is 0. The highest BCUT2D eigenvalue weighted by molar-refractivity contribution is 8.00. The Kier molecular flexibility index (Phi) is 6.93. The van der Waals surface area contributed by atoms with Crippen molar-refractivity contribution < 1.29 is 0 Å². The summed E-state index contributed by atoms with van der Waals surface area (Å²) in [5, 5.41) is 7.14. The first-order valence-electron chi connectivity index (χ1n) is 15.2. The zero-order valence-electron chi connectivity index (χ0n) is 26.8. The highest BCUT2D eigenvalue weighted by atomic mass is 32.2. The highest BCUT2D eigenvalue weighted by Gasteiger charge is 2.29. The molecule has 1 aromatic heterocycles. The quantitative estimate of drug-likeness (QED) is 0.157. The van der Waals surface area contributed by atoms with Gasteiger partial charge < -0.3 is 0 Å². The van der Waals surface area contributed by atoms with Gasteiger partial charge in [0.25, 0.3) is 0 Å². The highest BCUT2D eigenvalue weighted by Crippen LogP contribution is 2.52. The van der Waals surface area contributed by atoms with Crippen LogP contribution in [0, 0.1) is 16.2 Å². The number of nitrogens with zero attached hydrogens (tertiary/aromatic N) is 1. The van der Waals surface area contributed by atoms with Gasteiger partial charge in [-0.15, -0.1) is 0 Å². The molecule has 2 heterocycles. The molecule has 0 spiro atoms. The minimum Gasteiger partial charge on any atom is -0.264 e. The molecule has 0 saturated heterocycles. The minimum atomic E-state index is 0.128. The van der Waals surface area contributed by atoms with Crippen LogP contribution in [0.25, 0.3) is 43.6 Å². The van der Waals surface area contributed by atoms with Crippen LogP contribution in [-0.4, -0.2) is 20.7 Å². The molecule has 6 rings (SSSR count). The fourth-order valence-corrected chi connectivity index (χ4v) is 7.91. The van der Waals surface area contributed by atoms with Gasteiger partial charge in [-0.2, -0.15) is 0 Å². The van der Waals surface area contributed by atoms with Gasteiger partial charge in [-0.05, 0) is 96.9 Å². The molecule has 0 aliphatic carbocycles. The van der Waals surface area contributed by atoms with Crippen molar-refractivity contribution in [3.63, 3.8) is 0 Å². The third kappa shape index (κ3) is 5.52. The van der Waals surface area contributed by atoms with E-state index in [1.54, 1.807) is 0 Å². The second-order valence-corrected chi connectivity index (χ2v) is 17.1. The van der Waals surface area contributed by atoms with Gasteiger partial charge in [0.05, 0.1) is 5.69 Å².